The Morgan fingerprint density at radius 3 is 2.46 bits per heavy atom. The van der Waals surface area contributed by atoms with Crippen LogP contribution in [-0.4, -0.2) is 5.24 Å². The molecule has 0 aliphatic rings. The smallest absolute Gasteiger partial charge is 0.252 e. The molecule has 1 aromatic carbocycles. The lowest BCUT2D eigenvalue weighted by atomic mass is 9.98. The van der Waals surface area contributed by atoms with Crippen LogP contribution in [0.5, 0.6) is 0 Å². The number of hydrogen-bond acceptors (Lipinski definition) is 1. The molecule has 0 aliphatic carbocycles. The second-order valence-corrected chi connectivity index (χ2v) is 3.85. The van der Waals surface area contributed by atoms with E-state index in [9.17, 15) is 4.79 Å². The van der Waals surface area contributed by atoms with Gasteiger partial charge in [-0.05, 0) is 41.6 Å². The Hall–Kier alpha value is -0.820. The Morgan fingerprint density at radius 1 is 1.38 bits per heavy atom. The quantitative estimate of drug-likeness (QED) is 0.662. The van der Waals surface area contributed by atoms with E-state index in [-0.39, 0.29) is 5.24 Å². The summed E-state index contributed by atoms with van der Waals surface area (Å²) in [4.78, 5) is 11.0. The molecule has 13 heavy (non-hydrogen) atoms. The molecular weight excluding hydrogens is 184 g/mol. The number of rotatable bonds is 2. The van der Waals surface area contributed by atoms with Crippen molar-refractivity contribution < 1.29 is 4.79 Å². The molecule has 0 heterocycles. The average Bonchev–Trinajstić information content (AvgIpc) is 2.04. The van der Waals surface area contributed by atoms with Crippen LogP contribution < -0.4 is 0 Å². The Kier molecular flexibility index (Phi) is 3.10. The molecule has 0 radical (unpaired) electrons. The zero-order chi connectivity index (χ0) is 10.0. The number of benzene rings is 1. The minimum Gasteiger partial charge on any atom is -0.276 e. The summed E-state index contributed by atoms with van der Waals surface area (Å²) in [7, 11) is 0. The van der Waals surface area contributed by atoms with Crippen molar-refractivity contribution in [2.45, 2.75) is 26.7 Å². The third-order valence-electron chi connectivity index (χ3n) is 2.14. The van der Waals surface area contributed by atoms with Crippen LogP contribution >= 0.6 is 11.6 Å². The topological polar surface area (TPSA) is 17.1 Å². The van der Waals surface area contributed by atoms with Crippen LogP contribution in [0.1, 0.15) is 41.3 Å². The summed E-state index contributed by atoms with van der Waals surface area (Å²) in [6, 6.07) is 5.84. The van der Waals surface area contributed by atoms with Gasteiger partial charge in [0.1, 0.15) is 0 Å². The molecular formula is C11H13ClO. The van der Waals surface area contributed by atoms with Gasteiger partial charge in [0.2, 0.25) is 0 Å². The van der Waals surface area contributed by atoms with Crippen molar-refractivity contribution >= 4 is 16.8 Å². The van der Waals surface area contributed by atoms with Crippen LogP contribution in [0.4, 0.5) is 0 Å². The summed E-state index contributed by atoms with van der Waals surface area (Å²) >= 11 is 5.45. The summed E-state index contributed by atoms with van der Waals surface area (Å²) in [6.07, 6.45) is 0. The highest BCUT2D eigenvalue weighted by Gasteiger charge is 2.08. The lowest BCUT2D eigenvalue weighted by Crippen LogP contribution is -1.96. The Labute approximate surface area is 83.7 Å². The summed E-state index contributed by atoms with van der Waals surface area (Å²) < 4.78 is 0. The lowest BCUT2D eigenvalue weighted by molar-refractivity contribution is 0.108. The van der Waals surface area contributed by atoms with E-state index in [0.717, 1.165) is 11.1 Å². The van der Waals surface area contributed by atoms with Crippen molar-refractivity contribution in [2.24, 2.45) is 0 Å². The van der Waals surface area contributed by atoms with Gasteiger partial charge in [0.25, 0.3) is 5.24 Å². The van der Waals surface area contributed by atoms with E-state index in [0.29, 0.717) is 11.5 Å². The lowest BCUT2D eigenvalue weighted by Gasteiger charge is -2.07. The van der Waals surface area contributed by atoms with Crippen molar-refractivity contribution in [2.75, 3.05) is 0 Å². The second-order valence-electron chi connectivity index (χ2n) is 3.50. The molecule has 0 amide bonds. The van der Waals surface area contributed by atoms with Crippen LogP contribution in [0.25, 0.3) is 0 Å². The first-order chi connectivity index (χ1) is 6.02. The number of carbonyl (C=O) groups is 1. The monoisotopic (exact) mass is 196 g/mol. The maximum absolute atomic E-state index is 11.0. The third-order valence-corrected chi connectivity index (χ3v) is 2.34. The van der Waals surface area contributed by atoms with Crippen LogP contribution in [0.2, 0.25) is 0 Å². The maximum Gasteiger partial charge on any atom is 0.252 e. The zero-order valence-corrected chi connectivity index (χ0v) is 8.85. The molecule has 1 rings (SSSR count). The van der Waals surface area contributed by atoms with Crippen LogP contribution in [-0.2, 0) is 0 Å². The molecule has 1 aromatic rings. The van der Waals surface area contributed by atoms with Crippen molar-refractivity contribution in [1.82, 2.24) is 0 Å². The number of aryl methyl sites for hydroxylation is 1. The maximum atomic E-state index is 11.0. The van der Waals surface area contributed by atoms with E-state index >= 15 is 0 Å². The third kappa shape index (κ3) is 2.31. The molecule has 2 heteroatoms. The first kappa shape index (κ1) is 10.3. The molecule has 1 nitrogen and oxygen atoms in total. The molecule has 0 saturated carbocycles. The van der Waals surface area contributed by atoms with Crippen molar-refractivity contribution in [3.05, 3.63) is 34.9 Å². The summed E-state index contributed by atoms with van der Waals surface area (Å²) in [5.74, 6) is 0.426. The molecule has 0 fully saturated rings. The Morgan fingerprint density at radius 2 is 2.00 bits per heavy atom. The predicted molar refractivity (Wildman–Crippen MR) is 55.5 cm³/mol. The number of halogens is 1. The van der Waals surface area contributed by atoms with E-state index in [1.165, 1.54) is 0 Å². The van der Waals surface area contributed by atoms with Gasteiger partial charge in [0, 0.05) is 5.56 Å². The molecule has 0 unspecified atom stereocenters. The van der Waals surface area contributed by atoms with Gasteiger partial charge in [-0.2, -0.15) is 0 Å². The summed E-state index contributed by atoms with van der Waals surface area (Å²) in [5, 5.41) is -0.375. The highest BCUT2D eigenvalue weighted by Crippen LogP contribution is 2.19. The minimum atomic E-state index is -0.375. The van der Waals surface area contributed by atoms with Gasteiger partial charge in [-0.15, -0.1) is 0 Å². The van der Waals surface area contributed by atoms with Crippen LogP contribution in [0.3, 0.4) is 0 Å². The largest absolute Gasteiger partial charge is 0.276 e. The standard InChI is InChI=1S/C11H13ClO/c1-7(2)9-5-4-8(3)10(6-9)11(12)13/h4-7H,1-3H3. The molecule has 0 bridgehead atoms. The van der Waals surface area contributed by atoms with Crippen molar-refractivity contribution in [3.8, 4) is 0 Å². The number of hydrogen-bond donors (Lipinski definition) is 0. The summed E-state index contributed by atoms with van der Waals surface area (Å²) in [5.41, 5.74) is 2.70. The fourth-order valence-corrected chi connectivity index (χ4v) is 1.41. The average molecular weight is 197 g/mol. The predicted octanol–water partition coefficient (Wildman–Crippen LogP) is 3.50. The molecule has 70 valence electrons. The zero-order valence-electron chi connectivity index (χ0n) is 8.10. The normalized spacial score (nSPS) is 10.5. The van der Waals surface area contributed by atoms with E-state index in [1.807, 2.05) is 25.1 Å². The minimum absolute atomic E-state index is 0.375. The van der Waals surface area contributed by atoms with Crippen LogP contribution in [0.15, 0.2) is 18.2 Å². The molecule has 0 atom stereocenters. The first-order valence-electron chi connectivity index (χ1n) is 4.32. The summed E-state index contributed by atoms with van der Waals surface area (Å²) in [6.45, 7) is 6.07. The van der Waals surface area contributed by atoms with E-state index in [1.54, 1.807) is 0 Å². The highest BCUT2D eigenvalue weighted by molar-refractivity contribution is 6.67. The highest BCUT2D eigenvalue weighted by atomic mass is 35.5. The fraction of sp³-hybridized carbons (Fsp3) is 0.364. The Bertz CT molecular complexity index is 329. The first-order valence-corrected chi connectivity index (χ1v) is 4.70. The Balaban J connectivity index is 3.19. The number of carbonyl (C=O) groups excluding carboxylic acids is 1. The fourth-order valence-electron chi connectivity index (χ4n) is 1.21. The molecule has 0 spiro atoms. The van der Waals surface area contributed by atoms with Crippen molar-refractivity contribution in [3.63, 3.8) is 0 Å². The van der Waals surface area contributed by atoms with Gasteiger partial charge in [0.05, 0.1) is 0 Å². The van der Waals surface area contributed by atoms with Gasteiger partial charge in [-0.25, -0.2) is 0 Å². The molecule has 0 aromatic heterocycles. The second kappa shape index (κ2) is 3.93. The van der Waals surface area contributed by atoms with Crippen LogP contribution in [0, 0.1) is 6.92 Å². The van der Waals surface area contributed by atoms with Gasteiger partial charge in [-0.1, -0.05) is 26.0 Å². The van der Waals surface area contributed by atoms with Gasteiger partial charge < -0.3 is 0 Å². The SMILES string of the molecule is Cc1ccc(C(C)C)cc1C(=O)Cl. The molecule has 0 saturated heterocycles. The van der Waals surface area contributed by atoms with Gasteiger partial charge >= 0.3 is 0 Å². The molecule has 0 N–H and O–H groups in total. The van der Waals surface area contributed by atoms with Gasteiger partial charge in [0.15, 0.2) is 0 Å². The molecule has 0 aliphatic heterocycles. The van der Waals surface area contributed by atoms with E-state index in [2.05, 4.69) is 13.8 Å². The van der Waals surface area contributed by atoms with Crippen molar-refractivity contribution in [1.29, 1.82) is 0 Å². The van der Waals surface area contributed by atoms with E-state index in [4.69, 9.17) is 11.6 Å². The van der Waals surface area contributed by atoms with E-state index < -0.39 is 0 Å². The van der Waals surface area contributed by atoms with Gasteiger partial charge in [-0.3, -0.25) is 4.79 Å².